The van der Waals surface area contributed by atoms with E-state index >= 15 is 0 Å². The molecule has 0 spiro atoms. The SMILES string of the molecule is CCC(CO)CNc1ccc2c(c1)NC(=O)CO2. The molecule has 0 aliphatic carbocycles. The quantitative estimate of drug-likeness (QED) is 0.739. The maximum Gasteiger partial charge on any atom is 0.262 e. The van der Waals surface area contributed by atoms with E-state index in [1.807, 2.05) is 25.1 Å². The van der Waals surface area contributed by atoms with Crippen molar-refractivity contribution >= 4 is 17.3 Å². The molecule has 0 fully saturated rings. The predicted molar refractivity (Wildman–Crippen MR) is 69.9 cm³/mol. The topological polar surface area (TPSA) is 70.6 Å². The summed E-state index contributed by atoms with van der Waals surface area (Å²) in [4.78, 5) is 11.2. The fourth-order valence-electron chi connectivity index (χ4n) is 1.79. The average Bonchev–Trinajstić information content (AvgIpc) is 2.39. The second-order valence-electron chi connectivity index (χ2n) is 4.39. The molecule has 0 aromatic heterocycles. The smallest absolute Gasteiger partial charge is 0.262 e. The van der Waals surface area contributed by atoms with E-state index in [2.05, 4.69) is 10.6 Å². The first-order valence-electron chi connectivity index (χ1n) is 6.14. The molecule has 0 saturated heterocycles. The Balaban J connectivity index is 2.02. The van der Waals surface area contributed by atoms with E-state index in [9.17, 15) is 4.79 Å². The van der Waals surface area contributed by atoms with Crippen LogP contribution in [0.25, 0.3) is 0 Å². The van der Waals surface area contributed by atoms with Crippen molar-refractivity contribution in [3.8, 4) is 5.75 Å². The summed E-state index contributed by atoms with van der Waals surface area (Å²) >= 11 is 0. The molecule has 2 rings (SSSR count). The van der Waals surface area contributed by atoms with Crippen LogP contribution in [0.2, 0.25) is 0 Å². The minimum atomic E-state index is -0.138. The van der Waals surface area contributed by atoms with Crippen LogP contribution in [-0.4, -0.2) is 30.8 Å². The van der Waals surface area contributed by atoms with Gasteiger partial charge in [0.05, 0.1) is 5.69 Å². The van der Waals surface area contributed by atoms with Gasteiger partial charge in [0.2, 0.25) is 0 Å². The highest BCUT2D eigenvalue weighted by molar-refractivity contribution is 5.95. The Morgan fingerprint density at radius 2 is 2.39 bits per heavy atom. The first-order chi connectivity index (χ1) is 8.72. The van der Waals surface area contributed by atoms with Crippen LogP contribution in [0, 0.1) is 5.92 Å². The van der Waals surface area contributed by atoms with Crippen LogP contribution in [-0.2, 0) is 4.79 Å². The van der Waals surface area contributed by atoms with Crippen LogP contribution in [0.4, 0.5) is 11.4 Å². The van der Waals surface area contributed by atoms with Crippen LogP contribution in [0.1, 0.15) is 13.3 Å². The van der Waals surface area contributed by atoms with Crippen LogP contribution in [0.15, 0.2) is 18.2 Å². The number of hydrogen-bond donors (Lipinski definition) is 3. The normalized spacial score (nSPS) is 15.3. The van der Waals surface area contributed by atoms with E-state index in [4.69, 9.17) is 9.84 Å². The van der Waals surface area contributed by atoms with Gasteiger partial charge in [0.25, 0.3) is 5.91 Å². The minimum Gasteiger partial charge on any atom is -0.482 e. The van der Waals surface area contributed by atoms with Crippen LogP contribution < -0.4 is 15.4 Å². The number of aliphatic hydroxyl groups is 1. The summed E-state index contributed by atoms with van der Waals surface area (Å²) in [5.74, 6) is 0.794. The van der Waals surface area contributed by atoms with Crippen molar-refractivity contribution in [1.29, 1.82) is 0 Å². The van der Waals surface area contributed by atoms with Crippen LogP contribution in [0.3, 0.4) is 0 Å². The number of amides is 1. The number of fused-ring (bicyclic) bond motifs is 1. The lowest BCUT2D eigenvalue weighted by atomic mass is 10.1. The third-order valence-corrected chi connectivity index (χ3v) is 3.04. The van der Waals surface area contributed by atoms with Gasteiger partial charge in [0, 0.05) is 18.8 Å². The van der Waals surface area contributed by atoms with Crippen molar-refractivity contribution in [3.63, 3.8) is 0 Å². The van der Waals surface area contributed by atoms with Crippen molar-refractivity contribution in [2.45, 2.75) is 13.3 Å². The Morgan fingerprint density at radius 3 is 3.11 bits per heavy atom. The summed E-state index contributed by atoms with van der Waals surface area (Å²) in [6, 6.07) is 5.58. The standard InChI is InChI=1S/C13H18N2O3/c1-2-9(7-16)6-14-10-3-4-12-11(5-10)15-13(17)8-18-12/h3-5,9,14,16H,2,6-8H2,1H3,(H,15,17). The maximum atomic E-state index is 11.2. The third-order valence-electron chi connectivity index (χ3n) is 3.04. The van der Waals surface area contributed by atoms with E-state index in [0.717, 1.165) is 12.1 Å². The fourth-order valence-corrected chi connectivity index (χ4v) is 1.79. The van der Waals surface area contributed by atoms with Gasteiger partial charge in [-0.1, -0.05) is 6.92 Å². The first-order valence-corrected chi connectivity index (χ1v) is 6.14. The molecule has 18 heavy (non-hydrogen) atoms. The van der Waals surface area contributed by atoms with E-state index in [1.165, 1.54) is 0 Å². The highest BCUT2D eigenvalue weighted by atomic mass is 16.5. The number of rotatable bonds is 5. The van der Waals surface area contributed by atoms with Crippen molar-refractivity contribution in [2.75, 3.05) is 30.4 Å². The molecule has 0 saturated carbocycles. The Bertz CT molecular complexity index is 430. The molecule has 5 nitrogen and oxygen atoms in total. The average molecular weight is 250 g/mol. The minimum absolute atomic E-state index is 0.0716. The van der Waals surface area contributed by atoms with Gasteiger partial charge < -0.3 is 20.5 Å². The lowest BCUT2D eigenvalue weighted by molar-refractivity contribution is -0.118. The molecular weight excluding hydrogens is 232 g/mol. The van der Waals surface area contributed by atoms with E-state index in [1.54, 1.807) is 0 Å². The lowest BCUT2D eigenvalue weighted by Gasteiger charge is -2.19. The summed E-state index contributed by atoms with van der Waals surface area (Å²) in [6.07, 6.45) is 0.925. The largest absolute Gasteiger partial charge is 0.482 e. The monoisotopic (exact) mass is 250 g/mol. The van der Waals surface area contributed by atoms with E-state index < -0.39 is 0 Å². The number of benzene rings is 1. The molecule has 1 amide bonds. The molecule has 1 aromatic carbocycles. The van der Waals surface area contributed by atoms with E-state index in [0.29, 0.717) is 18.0 Å². The third kappa shape index (κ3) is 2.92. The lowest BCUT2D eigenvalue weighted by Crippen LogP contribution is -2.25. The van der Waals surface area contributed by atoms with Gasteiger partial charge in [-0.2, -0.15) is 0 Å². The molecule has 1 aromatic rings. The maximum absolute atomic E-state index is 11.2. The zero-order valence-electron chi connectivity index (χ0n) is 10.4. The number of anilines is 2. The molecule has 3 N–H and O–H groups in total. The number of carbonyl (C=O) groups excluding carboxylic acids is 1. The highest BCUT2D eigenvalue weighted by Crippen LogP contribution is 2.30. The van der Waals surface area contributed by atoms with Crippen molar-refractivity contribution in [2.24, 2.45) is 5.92 Å². The molecule has 5 heteroatoms. The fraction of sp³-hybridized carbons (Fsp3) is 0.462. The molecule has 1 aliphatic heterocycles. The van der Waals surface area contributed by atoms with Crippen molar-refractivity contribution in [1.82, 2.24) is 0 Å². The van der Waals surface area contributed by atoms with Gasteiger partial charge in [-0.25, -0.2) is 0 Å². The highest BCUT2D eigenvalue weighted by Gasteiger charge is 2.16. The Hall–Kier alpha value is -1.75. The Morgan fingerprint density at radius 1 is 1.56 bits per heavy atom. The molecule has 98 valence electrons. The molecule has 1 heterocycles. The summed E-state index contributed by atoms with van der Waals surface area (Å²) in [7, 11) is 0. The zero-order chi connectivity index (χ0) is 13.0. The van der Waals surface area contributed by atoms with Gasteiger partial charge >= 0.3 is 0 Å². The molecule has 1 aliphatic rings. The van der Waals surface area contributed by atoms with Gasteiger partial charge in [0.1, 0.15) is 5.75 Å². The van der Waals surface area contributed by atoms with Crippen molar-refractivity contribution in [3.05, 3.63) is 18.2 Å². The second kappa shape index (κ2) is 5.73. The van der Waals surface area contributed by atoms with Crippen LogP contribution in [0.5, 0.6) is 5.75 Å². The van der Waals surface area contributed by atoms with Crippen LogP contribution >= 0.6 is 0 Å². The molecular formula is C13H18N2O3. The number of hydrogen-bond acceptors (Lipinski definition) is 4. The van der Waals surface area contributed by atoms with E-state index in [-0.39, 0.29) is 25.0 Å². The Labute approximate surface area is 106 Å². The summed E-state index contributed by atoms with van der Waals surface area (Å²) in [5.41, 5.74) is 1.60. The molecule has 0 bridgehead atoms. The summed E-state index contributed by atoms with van der Waals surface area (Å²) in [5, 5.41) is 15.1. The van der Waals surface area contributed by atoms with Gasteiger partial charge in [0.15, 0.2) is 6.61 Å². The van der Waals surface area contributed by atoms with Gasteiger partial charge in [-0.15, -0.1) is 0 Å². The summed E-state index contributed by atoms with van der Waals surface area (Å²) in [6.45, 7) is 3.00. The molecule has 0 radical (unpaired) electrons. The van der Waals surface area contributed by atoms with Gasteiger partial charge in [-0.3, -0.25) is 4.79 Å². The predicted octanol–water partition coefficient (Wildman–Crippen LogP) is 1.45. The summed E-state index contributed by atoms with van der Waals surface area (Å²) < 4.78 is 5.28. The molecule has 1 atom stereocenters. The number of ether oxygens (including phenoxy) is 1. The van der Waals surface area contributed by atoms with Crippen molar-refractivity contribution < 1.29 is 14.6 Å². The Kier molecular flexibility index (Phi) is 4.04. The zero-order valence-corrected chi connectivity index (χ0v) is 10.4. The number of aliphatic hydroxyl groups excluding tert-OH is 1. The second-order valence-corrected chi connectivity index (χ2v) is 4.39. The number of nitrogens with one attached hydrogen (secondary N) is 2. The first kappa shape index (κ1) is 12.7. The van der Waals surface area contributed by atoms with Gasteiger partial charge in [-0.05, 0) is 30.5 Å². The number of carbonyl (C=O) groups is 1. The molecule has 1 unspecified atom stereocenters.